The highest BCUT2D eigenvalue weighted by molar-refractivity contribution is 5.80. The Hall–Kier alpha value is -0.790. The fourth-order valence-corrected chi connectivity index (χ4v) is 1.27. The first-order valence-corrected chi connectivity index (χ1v) is 3.95. The lowest BCUT2D eigenvalue weighted by Crippen LogP contribution is -2.17. The van der Waals surface area contributed by atoms with Crippen LogP contribution in [0.1, 0.15) is 20.3 Å². The number of rotatable bonds is 3. The summed E-state index contributed by atoms with van der Waals surface area (Å²) in [5, 5.41) is 0. The highest BCUT2D eigenvalue weighted by Gasteiger charge is 2.55. The maximum Gasteiger partial charge on any atom is 0.312 e. The summed E-state index contributed by atoms with van der Waals surface area (Å²) in [5.41, 5.74) is -0.252. The summed E-state index contributed by atoms with van der Waals surface area (Å²) in [5.74, 6) is 0.256. The summed E-state index contributed by atoms with van der Waals surface area (Å²) in [4.78, 5) is 11.2. The molecule has 0 saturated heterocycles. The van der Waals surface area contributed by atoms with Gasteiger partial charge in [0.2, 0.25) is 0 Å². The summed E-state index contributed by atoms with van der Waals surface area (Å²) in [7, 11) is 0. The smallest absolute Gasteiger partial charge is 0.312 e. The maximum absolute atomic E-state index is 11.2. The van der Waals surface area contributed by atoms with E-state index in [1.807, 2.05) is 19.9 Å². The molecule has 0 amide bonds. The minimum Gasteiger partial charge on any atom is -0.466 e. The monoisotopic (exact) mass is 154 g/mol. The van der Waals surface area contributed by atoms with E-state index in [1.165, 1.54) is 0 Å². The zero-order valence-electron chi connectivity index (χ0n) is 7.09. The molecule has 1 unspecified atom stereocenters. The van der Waals surface area contributed by atoms with E-state index in [9.17, 15) is 4.79 Å². The molecule has 1 fully saturated rings. The van der Waals surface area contributed by atoms with Gasteiger partial charge in [-0.1, -0.05) is 6.08 Å². The van der Waals surface area contributed by atoms with Gasteiger partial charge in [0, 0.05) is 0 Å². The number of hydrogen-bond donors (Lipinski definition) is 0. The van der Waals surface area contributed by atoms with E-state index in [-0.39, 0.29) is 11.4 Å². The highest BCUT2D eigenvalue weighted by Crippen LogP contribution is 2.53. The number of carbonyl (C=O) groups excluding carboxylic acids is 1. The molecule has 2 nitrogen and oxygen atoms in total. The second-order valence-corrected chi connectivity index (χ2v) is 3.18. The fourth-order valence-electron chi connectivity index (χ4n) is 1.27. The van der Waals surface area contributed by atoms with Crippen LogP contribution >= 0.6 is 0 Å². The quantitative estimate of drug-likeness (QED) is 0.457. The molecule has 2 heteroatoms. The SMILES string of the molecule is C=CC1C[C@]1(C)C(=O)OCC. The van der Waals surface area contributed by atoms with Crippen molar-refractivity contribution in [1.82, 2.24) is 0 Å². The van der Waals surface area contributed by atoms with Gasteiger partial charge in [-0.3, -0.25) is 4.79 Å². The van der Waals surface area contributed by atoms with E-state index in [4.69, 9.17) is 4.74 Å². The van der Waals surface area contributed by atoms with Crippen LogP contribution in [0.4, 0.5) is 0 Å². The topological polar surface area (TPSA) is 26.3 Å². The van der Waals surface area contributed by atoms with Crippen molar-refractivity contribution in [3.05, 3.63) is 12.7 Å². The van der Waals surface area contributed by atoms with Crippen molar-refractivity contribution in [2.45, 2.75) is 20.3 Å². The molecule has 1 rings (SSSR count). The number of carbonyl (C=O) groups is 1. The molecule has 0 aromatic heterocycles. The first kappa shape index (κ1) is 8.31. The Bertz CT molecular complexity index is 186. The van der Waals surface area contributed by atoms with Gasteiger partial charge in [0.1, 0.15) is 0 Å². The highest BCUT2D eigenvalue weighted by atomic mass is 16.5. The number of ether oxygens (including phenoxy) is 1. The Balaban J connectivity index is 2.49. The lowest BCUT2D eigenvalue weighted by atomic mass is 10.1. The fraction of sp³-hybridized carbons (Fsp3) is 0.667. The molecule has 62 valence electrons. The van der Waals surface area contributed by atoms with Crippen molar-refractivity contribution < 1.29 is 9.53 Å². The van der Waals surface area contributed by atoms with E-state index >= 15 is 0 Å². The molecule has 0 aromatic carbocycles. The first-order chi connectivity index (χ1) is 5.15. The molecule has 0 bridgehead atoms. The molecular formula is C9H14O2. The van der Waals surface area contributed by atoms with E-state index < -0.39 is 0 Å². The molecule has 0 aromatic rings. The van der Waals surface area contributed by atoms with Crippen molar-refractivity contribution in [3.8, 4) is 0 Å². The average molecular weight is 154 g/mol. The van der Waals surface area contributed by atoms with E-state index in [2.05, 4.69) is 6.58 Å². The van der Waals surface area contributed by atoms with Crippen molar-refractivity contribution in [2.24, 2.45) is 11.3 Å². The van der Waals surface area contributed by atoms with Crippen molar-refractivity contribution in [1.29, 1.82) is 0 Å². The zero-order valence-corrected chi connectivity index (χ0v) is 7.09. The second-order valence-electron chi connectivity index (χ2n) is 3.18. The Kier molecular flexibility index (Phi) is 2.03. The Morgan fingerprint density at radius 2 is 2.55 bits per heavy atom. The van der Waals surface area contributed by atoms with Crippen LogP contribution in [-0.2, 0) is 9.53 Å². The van der Waals surface area contributed by atoms with Crippen LogP contribution in [-0.4, -0.2) is 12.6 Å². The molecule has 11 heavy (non-hydrogen) atoms. The predicted octanol–water partition coefficient (Wildman–Crippen LogP) is 1.76. The normalized spacial score (nSPS) is 34.5. The lowest BCUT2D eigenvalue weighted by Gasteiger charge is -2.07. The van der Waals surface area contributed by atoms with Crippen LogP contribution in [0, 0.1) is 11.3 Å². The van der Waals surface area contributed by atoms with Crippen LogP contribution in [0.15, 0.2) is 12.7 Å². The molecular weight excluding hydrogens is 140 g/mol. The Morgan fingerprint density at radius 1 is 1.91 bits per heavy atom. The molecule has 1 aliphatic rings. The largest absolute Gasteiger partial charge is 0.466 e. The summed E-state index contributed by atoms with van der Waals surface area (Å²) < 4.78 is 4.91. The average Bonchev–Trinajstić information content (AvgIpc) is 2.64. The molecule has 0 spiro atoms. The molecule has 1 saturated carbocycles. The molecule has 0 heterocycles. The van der Waals surface area contributed by atoms with Crippen LogP contribution in [0.3, 0.4) is 0 Å². The minimum absolute atomic E-state index is 0.0788. The van der Waals surface area contributed by atoms with E-state index in [1.54, 1.807) is 0 Å². The number of allylic oxidation sites excluding steroid dienone is 1. The first-order valence-electron chi connectivity index (χ1n) is 3.95. The summed E-state index contributed by atoms with van der Waals surface area (Å²) >= 11 is 0. The molecule has 0 radical (unpaired) electrons. The van der Waals surface area contributed by atoms with Gasteiger partial charge in [0.25, 0.3) is 0 Å². The Morgan fingerprint density at radius 3 is 2.91 bits per heavy atom. The van der Waals surface area contributed by atoms with E-state index in [0.29, 0.717) is 12.5 Å². The van der Waals surface area contributed by atoms with Crippen LogP contribution in [0.5, 0.6) is 0 Å². The molecule has 2 atom stereocenters. The van der Waals surface area contributed by atoms with Crippen LogP contribution < -0.4 is 0 Å². The van der Waals surface area contributed by atoms with Gasteiger partial charge in [-0.2, -0.15) is 0 Å². The van der Waals surface area contributed by atoms with Gasteiger partial charge < -0.3 is 4.74 Å². The number of hydrogen-bond acceptors (Lipinski definition) is 2. The van der Waals surface area contributed by atoms with Gasteiger partial charge in [0.05, 0.1) is 12.0 Å². The Labute approximate surface area is 67.2 Å². The molecule has 0 N–H and O–H groups in total. The van der Waals surface area contributed by atoms with Crippen LogP contribution in [0.25, 0.3) is 0 Å². The summed E-state index contributed by atoms with van der Waals surface area (Å²) in [6, 6.07) is 0. The van der Waals surface area contributed by atoms with Crippen molar-refractivity contribution in [2.75, 3.05) is 6.61 Å². The number of esters is 1. The third kappa shape index (κ3) is 1.30. The van der Waals surface area contributed by atoms with Gasteiger partial charge in [-0.25, -0.2) is 0 Å². The summed E-state index contributed by atoms with van der Waals surface area (Å²) in [6.45, 7) is 7.88. The van der Waals surface area contributed by atoms with Crippen molar-refractivity contribution in [3.63, 3.8) is 0 Å². The van der Waals surface area contributed by atoms with Crippen LogP contribution in [0.2, 0.25) is 0 Å². The lowest BCUT2D eigenvalue weighted by molar-refractivity contribution is -0.149. The zero-order chi connectivity index (χ0) is 8.48. The molecule has 0 aliphatic heterocycles. The second kappa shape index (κ2) is 2.68. The standard InChI is InChI=1S/C9H14O2/c1-4-7-6-9(7,3)8(10)11-5-2/h4,7H,1,5-6H2,2-3H3/t7?,9-/m0/s1. The van der Waals surface area contributed by atoms with Gasteiger partial charge in [-0.05, 0) is 26.2 Å². The van der Waals surface area contributed by atoms with E-state index in [0.717, 1.165) is 6.42 Å². The van der Waals surface area contributed by atoms with Crippen molar-refractivity contribution >= 4 is 5.97 Å². The third-order valence-electron chi connectivity index (χ3n) is 2.33. The van der Waals surface area contributed by atoms with Gasteiger partial charge in [-0.15, -0.1) is 6.58 Å². The maximum atomic E-state index is 11.2. The minimum atomic E-state index is -0.252. The van der Waals surface area contributed by atoms with Gasteiger partial charge >= 0.3 is 5.97 Å². The predicted molar refractivity (Wildman–Crippen MR) is 43.0 cm³/mol. The molecule has 1 aliphatic carbocycles. The van der Waals surface area contributed by atoms with Gasteiger partial charge in [0.15, 0.2) is 0 Å². The third-order valence-corrected chi connectivity index (χ3v) is 2.33. The summed E-state index contributed by atoms with van der Waals surface area (Å²) in [6.07, 6.45) is 2.73.